The number of anilines is 1. The van der Waals surface area contributed by atoms with E-state index < -0.39 is 5.91 Å². The minimum Gasteiger partial charge on any atom is -0.373 e. The Balaban J connectivity index is 1.89. The number of pyridine rings is 1. The van der Waals surface area contributed by atoms with E-state index in [1.807, 2.05) is 45.6 Å². The van der Waals surface area contributed by atoms with Crippen molar-refractivity contribution in [3.8, 4) is 11.1 Å². The highest BCUT2D eigenvalue weighted by Crippen LogP contribution is 2.43. The second-order valence-corrected chi connectivity index (χ2v) is 7.66. The van der Waals surface area contributed by atoms with Gasteiger partial charge in [-0.15, -0.1) is 0 Å². The molecular weight excluding hydrogens is 362 g/mol. The summed E-state index contributed by atoms with van der Waals surface area (Å²) in [6.07, 6.45) is 4.26. The van der Waals surface area contributed by atoms with Gasteiger partial charge in [-0.25, -0.2) is 0 Å². The molecule has 1 aliphatic rings. The normalized spacial score (nSPS) is 12.6. The first kappa shape index (κ1) is 19.1. The Kier molecular flexibility index (Phi) is 5.03. The Morgan fingerprint density at radius 3 is 2.72 bits per heavy atom. The third-order valence-electron chi connectivity index (χ3n) is 5.35. The highest BCUT2D eigenvalue weighted by Gasteiger charge is 2.25. The largest absolute Gasteiger partial charge is 0.373 e. The summed E-state index contributed by atoms with van der Waals surface area (Å²) in [5.74, 6) is -0.412. The number of amides is 1. The topological polar surface area (TPSA) is 74.8 Å². The number of nitrogens with zero attached hydrogens (tertiary/aromatic N) is 4. The van der Waals surface area contributed by atoms with Crippen molar-refractivity contribution in [2.24, 2.45) is 10.7 Å². The quantitative estimate of drug-likeness (QED) is 0.704. The van der Waals surface area contributed by atoms with Gasteiger partial charge in [0.05, 0.1) is 22.5 Å². The van der Waals surface area contributed by atoms with E-state index in [0.717, 1.165) is 52.1 Å². The molecule has 148 valence electrons. The van der Waals surface area contributed by atoms with Crippen LogP contribution in [0.4, 0.5) is 11.4 Å². The van der Waals surface area contributed by atoms with E-state index in [1.54, 1.807) is 6.20 Å². The zero-order valence-corrected chi connectivity index (χ0v) is 17.0. The molecule has 4 rings (SSSR count). The van der Waals surface area contributed by atoms with Gasteiger partial charge in [0.2, 0.25) is 0 Å². The van der Waals surface area contributed by atoms with Crippen molar-refractivity contribution in [2.45, 2.75) is 6.42 Å². The molecule has 2 heterocycles. The molecule has 0 unspecified atom stereocenters. The lowest BCUT2D eigenvalue weighted by molar-refractivity contribution is 0.1000. The molecule has 6 heteroatoms. The average Bonchev–Trinajstić information content (AvgIpc) is 3.19. The van der Waals surface area contributed by atoms with Gasteiger partial charge in [0, 0.05) is 49.9 Å². The van der Waals surface area contributed by atoms with Gasteiger partial charge in [-0.2, -0.15) is 0 Å². The summed E-state index contributed by atoms with van der Waals surface area (Å²) >= 11 is 0. The van der Waals surface area contributed by atoms with Crippen LogP contribution in [0.3, 0.4) is 0 Å². The molecule has 29 heavy (non-hydrogen) atoms. The van der Waals surface area contributed by atoms with Gasteiger partial charge in [0.25, 0.3) is 5.91 Å². The second-order valence-electron chi connectivity index (χ2n) is 7.66. The molecule has 3 aromatic rings. The first-order chi connectivity index (χ1) is 14.0. The Labute approximate surface area is 170 Å². The monoisotopic (exact) mass is 387 g/mol. The van der Waals surface area contributed by atoms with Crippen LogP contribution in [-0.4, -0.2) is 56.2 Å². The van der Waals surface area contributed by atoms with Crippen LogP contribution < -0.4 is 10.6 Å². The summed E-state index contributed by atoms with van der Waals surface area (Å²) in [7, 11) is 6.07. The molecule has 2 aromatic carbocycles. The number of hydrogen-bond acceptors (Lipinski definition) is 5. The predicted octanol–water partition coefficient (Wildman–Crippen LogP) is 3.26. The highest BCUT2D eigenvalue weighted by atomic mass is 16.1. The summed E-state index contributed by atoms with van der Waals surface area (Å²) < 4.78 is 0. The van der Waals surface area contributed by atoms with Gasteiger partial charge in [0.15, 0.2) is 0 Å². The maximum absolute atomic E-state index is 12.4. The Morgan fingerprint density at radius 1 is 1.14 bits per heavy atom. The average molecular weight is 387 g/mol. The fourth-order valence-electron chi connectivity index (χ4n) is 3.79. The number of carbonyl (C=O) groups is 1. The number of fused-ring (bicyclic) bond motifs is 2. The van der Waals surface area contributed by atoms with Crippen LogP contribution in [0.2, 0.25) is 0 Å². The van der Waals surface area contributed by atoms with Gasteiger partial charge in [-0.05, 0) is 43.4 Å². The maximum Gasteiger partial charge on any atom is 0.251 e. The van der Waals surface area contributed by atoms with Crippen molar-refractivity contribution >= 4 is 34.4 Å². The lowest BCUT2D eigenvalue weighted by Gasteiger charge is -2.26. The maximum atomic E-state index is 12.4. The predicted molar refractivity (Wildman–Crippen MR) is 119 cm³/mol. The third-order valence-corrected chi connectivity index (χ3v) is 5.35. The number of benzene rings is 2. The Morgan fingerprint density at radius 2 is 1.97 bits per heavy atom. The van der Waals surface area contributed by atoms with Crippen LogP contribution in [0.25, 0.3) is 22.0 Å². The van der Waals surface area contributed by atoms with Crippen molar-refractivity contribution in [1.29, 1.82) is 0 Å². The molecule has 0 radical (unpaired) electrons. The summed E-state index contributed by atoms with van der Waals surface area (Å²) in [6.45, 7) is 1.66. The molecular formula is C23H25N5O. The second kappa shape index (κ2) is 7.64. The molecule has 0 bridgehead atoms. The fraction of sp³-hybridized carbons (Fsp3) is 0.261. The van der Waals surface area contributed by atoms with Crippen LogP contribution >= 0.6 is 0 Å². The molecule has 0 spiro atoms. The zero-order valence-electron chi connectivity index (χ0n) is 17.0. The van der Waals surface area contributed by atoms with Gasteiger partial charge in [0.1, 0.15) is 0 Å². The fourth-order valence-corrected chi connectivity index (χ4v) is 3.79. The third kappa shape index (κ3) is 3.59. The number of primary amides is 1. The number of nitrogens with two attached hydrogens (primary N) is 1. The van der Waals surface area contributed by atoms with Crippen LogP contribution in [0, 0.1) is 0 Å². The van der Waals surface area contributed by atoms with Crippen LogP contribution in [0.5, 0.6) is 0 Å². The molecule has 0 aliphatic carbocycles. The van der Waals surface area contributed by atoms with E-state index in [0.29, 0.717) is 12.0 Å². The zero-order chi connectivity index (χ0) is 20.5. The Bertz CT molecular complexity index is 1120. The van der Waals surface area contributed by atoms with Crippen molar-refractivity contribution in [2.75, 3.05) is 39.1 Å². The molecule has 0 saturated heterocycles. The van der Waals surface area contributed by atoms with E-state index in [2.05, 4.69) is 38.0 Å². The summed E-state index contributed by atoms with van der Waals surface area (Å²) in [5, 5.41) is 1.09. The van der Waals surface area contributed by atoms with Crippen molar-refractivity contribution < 1.29 is 4.79 Å². The van der Waals surface area contributed by atoms with Crippen LogP contribution in [0.15, 0.2) is 47.6 Å². The highest BCUT2D eigenvalue weighted by molar-refractivity contribution is 6.06. The first-order valence-electron chi connectivity index (χ1n) is 9.69. The molecule has 1 aromatic heterocycles. The number of carbonyl (C=O) groups excluding carboxylic acids is 1. The summed E-state index contributed by atoms with van der Waals surface area (Å²) in [5.41, 5.74) is 11.9. The lowest BCUT2D eigenvalue weighted by atomic mass is 9.93. The van der Waals surface area contributed by atoms with Gasteiger partial charge in [-0.3, -0.25) is 14.8 Å². The number of aliphatic imine (C=N–C) groups is 1. The molecule has 1 amide bonds. The van der Waals surface area contributed by atoms with Crippen molar-refractivity contribution in [3.05, 3.63) is 53.7 Å². The number of likely N-dealkylation sites (N-methyl/N-ethyl adjacent to an activating group) is 2. The molecule has 2 N–H and O–H groups in total. The lowest BCUT2D eigenvalue weighted by Crippen LogP contribution is -2.30. The SMILES string of the molecule is CN(C)CCN(C)c1cc(-c2ccc3cccnc3c2)c2c(c1C(N)=O)CC=N2. The number of rotatable bonds is 6. The summed E-state index contributed by atoms with van der Waals surface area (Å²) in [4.78, 5) is 25.7. The van der Waals surface area contributed by atoms with Crippen LogP contribution in [0.1, 0.15) is 15.9 Å². The van der Waals surface area contributed by atoms with E-state index in [1.165, 1.54) is 0 Å². The Hall–Kier alpha value is -3.25. The van der Waals surface area contributed by atoms with Crippen LogP contribution in [-0.2, 0) is 6.42 Å². The smallest absolute Gasteiger partial charge is 0.251 e. The van der Waals surface area contributed by atoms with Gasteiger partial charge >= 0.3 is 0 Å². The van der Waals surface area contributed by atoms with Crippen molar-refractivity contribution in [1.82, 2.24) is 9.88 Å². The van der Waals surface area contributed by atoms with Gasteiger partial charge in [-0.1, -0.05) is 18.2 Å². The molecule has 1 aliphatic heterocycles. The molecule has 6 nitrogen and oxygen atoms in total. The van der Waals surface area contributed by atoms with Gasteiger partial charge < -0.3 is 15.5 Å². The standard InChI is InChI=1S/C23H25N5O/c1-27(2)11-12-28(3)20-14-18(22-17(8-10-26-22)21(20)23(24)29)16-7-6-15-5-4-9-25-19(15)13-16/h4-7,9-10,13-14H,8,11-12H2,1-3H3,(H2,24,29). The summed E-state index contributed by atoms with van der Waals surface area (Å²) in [6, 6.07) is 12.3. The van der Waals surface area contributed by atoms with E-state index in [-0.39, 0.29) is 0 Å². The van der Waals surface area contributed by atoms with Crippen molar-refractivity contribution in [3.63, 3.8) is 0 Å². The minimum atomic E-state index is -0.412. The van der Waals surface area contributed by atoms with E-state index >= 15 is 0 Å². The molecule has 0 atom stereocenters. The number of hydrogen-bond donors (Lipinski definition) is 1. The molecule has 0 fully saturated rings. The van der Waals surface area contributed by atoms with E-state index in [4.69, 9.17) is 5.73 Å². The van der Waals surface area contributed by atoms with E-state index in [9.17, 15) is 4.79 Å². The first-order valence-corrected chi connectivity index (χ1v) is 9.69. The number of aromatic nitrogens is 1. The minimum absolute atomic E-state index is 0.412. The molecule has 0 saturated carbocycles.